The van der Waals surface area contributed by atoms with E-state index in [2.05, 4.69) is 35.6 Å². The molecule has 23 heavy (non-hydrogen) atoms. The van der Waals surface area contributed by atoms with Crippen LogP contribution in [0.3, 0.4) is 0 Å². The number of nitrogens with two attached hydrogens (primary N) is 1. The predicted molar refractivity (Wildman–Crippen MR) is 92.4 cm³/mol. The van der Waals surface area contributed by atoms with Gasteiger partial charge < -0.3 is 16.0 Å². The highest BCUT2D eigenvalue weighted by atomic mass is 16.2. The molecule has 2 atom stereocenters. The summed E-state index contributed by atoms with van der Waals surface area (Å²) in [5.74, 6) is 0.218. The predicted octanol–water partition coefficient (Wildman–Crippen LogP) is 3.37. The monoisotopic (exact) mass is 307 g/mol. The van der Waals surface area contributed by atoms with Crippen LogP contribution in [-0.2, 0) is 4.79 Å². The van der Waals surface area contributed by atoms with Gasteiger partial charge in [-0.2, -0.15) is 0 Å². The van der Waals surface area contributed by atoms with Gasteiger partial charge in [0.1, 0.15) is 0 Å². The third-order valence-corrected chi connectivity index (χ3v) is 4.83. The Hall–Kier alpha value is -2.33. The van der Waals surface area contributed by atoms with Crippen LogP contribution in [0.2, 0.25) is 0 Å². The van der Waals surface area contributed by atoms with Crippen molar-refractivity contribution >= 4 is 17.3 Å². The maximum absolute atomic E-state index is 11.9. The lowest BCUT2D eigenvalue weighted by atomic mass is 10.1. The van der Waals surface area contributed by atoms with Crippen molar-refractivity contribution < 1.29 is 4.79 Å². The summed E-state index contributed by atoms with van der Waals surface area (Å²) in [5.41, 5.74) is 10.8. The molecule has 1 aliphatic heterocycles. The first-order chi connectivity index (χ1) is 11.2. The number of amides is 1. The normalized spacial score (nSPS) is 23.2. The number of rotatable bonds is 3. The van der Waals surface area contributed by atoms with Crippen LogP contribution in [0, 0.1) is 0 Å². The summed E-state index contributed by atoms with van der Waals surface area (Å²) in [7, 11) is 0. The van der Waals surface area contributed by atoms with E-state index in [1.54, 1.807) is 0 Å². The zero-order valence-corrected chi connectivity index (χ0v) is 13.0. The Morgan fingerprint density at radius 2 is 1.91 bits per heavy atom. The Morgan fingerprint density at radius 3 is 2.70 bits per heavy atom. The number of carbonyl (C=O) groups excluding carboxylic acids is 1. The van der Waals surface area contributed by atoms with E-state index < -0.39 is 0 Å². The lowest BCUT2D eigenvalue weighted by Crippen LogP contribution is -2.23. The van der Waals surface area contributed by atoms with Gasteiger partial charge in [-0.3, -0.25) is 4.79 Å². The van der Waals surface area contributed by atoms with Crippen LogP contribution < -0.4 is 16.0 Å². The number of fused-ring (bicyclic) bond motifs is 1. The number of nitrogens with zero attached hydrogens (tertiary/aromatic N) is 1. The highest BCUT2D eigenvalue weighted by molar-refractivity contribution is 5.95. The van der Waals surface area contributed by atoms with Crippen LogP contribution in [0.4, 0.5) is 11.4 Å². The molecule has 0 aromatic heterocycles. The van der Waals surface area contributed by atoms with Crippen LogP contribution in [0.1, 0.15) is 42.5 Å². The molecule has 118 valence electrons. The van der Waals surface area contributed by atoms with Crippen molar-refractivity contribution in [2.24, 2.45) is 5.73 Å². The minimum Gasteiger partial charge on any atom is -0.378 e. The van der Waals surface area contributed by atoms with Crippen LogP contribution in [0.25, 0.3) is 0 Å². The van der Waals surface area contributed by atoms with Crippen LogP contribution in [0.15, 0.2) is 48.5 Å². The molecule has 4 heteroatoms. The van der Waals surface area contributed by atoms with E-state index >= 15 is 0 Å². The molecule has 2 aromatic rings. The third-order valence-electron chi connectivity index (χ3n) is 4.83. The van der Waals surface area contributed by atoms with Crippen molar-refractivity contribution in [1.82, 2.24) is 0 Å². The molecule has 4 rings (SSSR count). The zero-order chi connectivity index (χ0) is 15.8. The van der Waals surface area contributed by atoms with Crippen molar-refractivity contribution in [1.29, 1.82) is 0 Å². The Bertz CT molecular complexity index is 743. The molecular weight excluding hydrogens is 286 g/mol. The molecule has 4 nitrogen and oxygen atoms in total. The van der Waals surface area contributed by atoms with Gasteiger partial charge in [0, 0.05) is 30.4 Å². The van der Waals surface area contributed by atoms with Gasteiger partial charge in [-0.05, 0) is 42.2 Å². The second-order valence-corrected chi connectivity index (χ2v) is 6.37. The third kappa shape index (κ3) is 2.59. The largest absolute Gasteiger partial charge is 0.378 e. The van der Waals surface area contributed by atoms with Crippen molar-refractivity contribution in [3.63, 3.8) is 0 Å². The van der Waals surface area contributed by atoms with E-state index in [1.807, 2.05) is 23.1 Å². The summed E-state index contributed by atoms with van der Waals surface area (Å²) in [6, 6.07) is 16.8. The standard InChI is InChI=1S/C19H21N3O/c20-17-12-18(16-8-2-1-7-15(16)17)21-13-5-3-6-14(11-13)22-10-4-9-19(22)23/h1-3,5-8,11,17-18,21H,4,9-10,12,20H2. The van der Waals surface area contributed by atoms with Gasteiger partial charge in [-0.15, -0.1) is 0 Å². The summed E-state index contributed by atoms with van der Waals surface area (Å²) in [6.45, 7) is 0.819. The summed E-state index contributed by atoms with van der Waals surface area (Å²) in [4.78, 5) is 13.8. The number of benzene rings is 2. The van der Waals surface area contributed by atoms with Gasteiger partial charge in [0.15, 0.2) is 0 Å². The molecule has 3 N–H and O–H groups in total. The van der Waals surface area contributed by atoms with Gasteiger partial charge in [0.05, 0.1) is 6.04 Å². The molecule has 1 heterocycles. The molecule has 1 fully saturated rings. The van der Waals surface area contributed by atoms with Crippen LogP contribution in [-0.4, -0.2) is 12.5 Å². The molecule has 1 saturated heterocycles. The first-order valence-electron chi connectivity index (χ1n) is 8.24. The topological polar surface area (TPSA) is 58.4 Å². The number of nitrogens with one attached hydrogen (secondary N) is 1. The van der Waals surface area contributed by atoms with Gasteiger partial charge in [0.2, 0.25) is 5.91 Å². The Morgan fingerprint density at radius 1 is 1.09 bits per heavy atom. The number of hydrogen-bond donors (Lipinski definition) is 2. The molecule has 0 saturated carbocycles. The second-order valence-electron chi connectivity index (χ2n) is 6.37. The molecule has 2 aliphatic rings. The first-order valence-corrected chi connectivity index (χ1v) is 8.24. The molecule has 1 aliphatic carbocycles. The van der Waals surface area contributed by atoms with Crippen molar-refractivity contribution in [2.45, 2.75) is 31.3 Å². The molecule has 0 bridgehead atoms. The van der Waals surface area contributed by atoms with Crippen molar-refractivity contribution in [3.05, 3.63) is 59.7 Å². The molecular formula is C19H21N3O. The summed E-state index contributed by atoms with van der Waals surface area (Å²) >= 11 is 0. The number of carbonyl (C=O) groups is 1. The lowest BCUT2D eigenvalue weighted by Gasteiger charge is -2.19. The number of anilines is 2. The average Bonchev–Trinajstić information content (AvgIpc) is 3.13. The van der Waals surface area contributed by atoms with Gasteiger partial charge in [-0.1, -0.05) is 30.3 Å². The minimum atomic E-state index is 0.0899. The highest BCUT2D eigenvalue weighted by Gasteiger charge is 2.28. The van der Waals surface area contributed by atoms with Crippen LogP contribution >= 0.6 is 0 Å². The maximum Gasteiger partial charge on any atom is 0.227 e. The Labute approximate surface area is 136 Å². The fourth-order valence-corrected chi connectivity index (χ4v) is 3.70. The summed E-state index contributed by atoms with van der Waals surface area (Å²) < 4.78 is 0. The van der Waals surface area contributed by atoms with E-state index in [1.165, 1.54) is 11.1 Å². The quantitative estimate of drug-likeness (QED) is 0.914. The molecule has 2 unspecified atom stereocenters. The van der Waals surface area contributed by atoms with E-state index in [-0.39, 0.29) is 18.0 Å². The summed E-state index contributed by atoms with van der Waals surface area (Å²) in [6.07, 6.45) is 2.50. The average molecular weight is 307 g/mol. The molecule has 2 aromatic carbocycles. The number of hydrogen-bond acceptors (Lipinski definition) is 3. The Kier molecular flexibility index (Phi) is 3.54. The highest BCUT2D eigenvalue weighted by Crippen LogP contribution is 2.39. The van der Waals surface area contributed by atoms with Gasteiger partial charge in [-0.25, -0.2) is 0 Å². The van der Waals surface area contributed by atoms with E-state index in [4.69, 9.17) is 5.73 Å². The molecule has 0 radical (unpaired) electrons. The SMILES string of the molecule is NC1CC(Nc2cccc(N3CCCC3=O)c2)c2ccccc21. The van der Waals surface area contributed by atoms with E-state index in [0.29, 0.717) is 6.42 Å². The lowest BCUT2D eigenvalue weighted by molar-refractivity contribution is -0.117. The minimum absolute atomic E-state index is 0.0899. The second kappa shape index (κ2) is 5.70. The zero-order valence-electron chi connectivity index (χ0n) is 13.0. The van der Waals surface area contributed by atoms with E-state index in [0.717, 1.165) is 30.8 Å². The smallest absolute Gasteiger partial charge is 0.227 e. The maximum atomic E-state index is 11.9. The summed E-state index contributed by atoms with van der Waals surface area (Å²) in [5, 5.41) is 3.59. The van der Waals surface area contributed by atoms with Crippen LogP contribution in [0.5, 0.6) is 0 Å². The molecule has 0 spiro atoms. The van der Waals surface area contributed by atoms with E-state index in [9.17, 15) is 4.79 Å². The van der Waals surface area contributed by atoms with Crippen molar-refractivity contribution in [3.8, 4) is 0 Å². The fraction of sp³-hybridized carbons (Fsp3) is 0.316. The fourth-order valence-electron chi connectivity index (χ4n) is 3.70. The van der Waals surface area contributed by atoms with Gasteiger partial charge >= 0.3 is 0 Å². The Balaban J connectivity index is 1.57. The van der Waals surface area contributed by atoms with Crippen molar-refractivity contribution in [2.75, 3.05) is 16.8 Å². The molecule has 1 amide bonds. The first kappa shape index (κ1) is 14.3. The van der Waals surface area contributed by atoms with Gasteiger partial charge in [0.25, 0.3) is 0 Å².